The van der Waals surface area contributed by atoms with Crippen LogP contribution >= 0.6 is 0 Å². The fourth-order valence-electron chi connectivity index (χ4n) is 2.97. The molecule has 1 N–H and O–H groups in total. The maximum absolute atomic E-state index is 12.5. The van der Waals surface area contributed by atoms with Gasteiger partial charge in [-0.2, -0.15) is 0 Å². The summed E-state index contributed by atoms with van der Waals surface area (Å²) in [6, 6.07) is 15.0. The van der Waals surface area contributed by atoms with Gasteiger partial charge in [0.05, 0.1) is 18.7 Å². The largest absolute Gasteiger partial charge is 0.495 e. The van der Waals surface area contributed by atoms with Crippen molar-refractivity contribution < 1.29 is 14.3 Å². The predicted octanol–water partition coefficient (Wildman–Crippen LogP) is 3.00. The smallest absolute Gasteiger partial charge is 0.229 e. The molecule has 1 aliphatic rings. The molecule has 5 nitrogen and oxygen atoms in total. The summed E-state index contributed by atoms with van der Waals surface area (Å²) in [6.45, 7) is 2.36. The molecule has 0 bridgehead atoms. The summed E-state index contributed by atoms with van der Waals surface area (Å²) in [6.07, 6.45) is 0.218. The number of hydrogen-bond acceptors (Lipinski definition) is 3. The molecule has 0 radical (unpaired) electrons. The molecule has 3 rings (SSSR count). The molecule has 124 valence electrons. The van der Waals surface area contributed by atoms with Crippen LogP contribution in [0.15, 0.2) is 48.5 Å². The molecule has 0 spiro atoms. The lowest BCUT2D eigenvalue weighted by Gasteiger charge is -2.19. The summed E-state index contributed by atoms with van der Waals surface area (Å²) in [5, 5.41) is 2.87. The van der Waals surface area contributed by atoms with E-state index in [4.69, 9.17) is 4.74 Å². The monoisotopic (exact) mass is 324 g/mol. The summed E-state index contributed by atoms with van der Waals surface area (Å²) in [7, 11) is 1.56. The third kappa shape index (κ3) is 3.11. The first kappa shape index (κ1) is 16.1. The first-order valence-electron chi connectivity index (χ1n) is 7.90. The summed E-state index contributed by atoms with van der Waals surface area (Å²) in [5.74, 6) is 0.0429. The van der Waals surface area contributed by atoms with Crippen LogP contribution in [-0.2, 0) is 9.59 Å². The second-order valence-electron chi connectivity index (χ2n) is 5.88. The Morgan fingerprint density at radius 3 is 2.62 bits per heavy atom. The van der Waals surface area contributed by atoms with E-state index in [0.717, 1.165) is 11.3 Å². The molecule has 1 atom stereocenters. The molecule has 1 unspecified atom stereocenters. The number of anilines is 2. The maximum atomic E-state index is 12.5. The van der Waals surface area contributed by atoms with Crippen molar-refractivity contribution in [3.8, 4) is 5.75 Å². The molecule has 24 heavy (non-hydrogen) atoms. The van der Waals surface area contributed by atoms with Crippen LogP contribution in [0.5, 0.6) is 5.75 Å². The molecule has 1 heterocycles. The van der Waals surface area contributed by atoms with Gasteiger partial charge in [-0.3, -0.25) is 9.59 Å². The first-order valence-corrected chi connectivity index (χ1v) is 7.90. The fraction of sp³-hybridized carbons (Fsp3) is 0.263. The van der Waals surface area contributed by atoms with Crippen LogP contribution in [-0.4, -0.2) is 25.5 Å². The van der Waals surface area contributed by atoms with E-state index in [2.05, 4.69) is 5.32 Å². The molecule has 0 aromatic heterocycles. The van der Waals surface area contributed by atoms with Crippen molar-refractivity contribution >= 4 is 23.2 Å². The number of carbonyl (C=O) groups excluding carboxylic acids is 2. The molecule has 2 aromatic carbocycles. The Bertz CT molecular complexity index is 773. The number of ether oxygens (including phenoxy) is 1. The van der Waals surface area contributed by atoms with Crippen LogP contribution in [0.25, 0.3) is 0 Å². The van der Waals surface area contributed by atoms with Crippen LogP contribution < -0.4 is 15.0 Å². The molecule has 2 aromatic rings. The van der Waals surface area contributed by atoms with E-state index in [0.29, 0.717) is 18.0 Å². The normalized spacial score (nSPS) is 17.0. The highest BCUT2D eigenvalue weighted by molar-refractivity contribution is 6.04. The number of para-hydroxylation sites is 3. The molecule has 2 amide bonds. The number of amides is 2. The van der Waals surface area contributed by atoms with Crippen molar-refractivity contribution in [1.29, 1.82) is 0 Å². The van der Waals surface area contributed by atoms with E-state index in [-0.39, 0.29) is 24.2 Å². The van der Waals surface area contributed by atoms with Gasteiger partial charge in [0.15, 0.2) is 0 Å². The highest BCUT2D eigenvalue weighted by Gasteiger charge is 2.35. The van der Waals surface area contributed by atoms with Gasteiger partial charge in [0.1, 0.15) is 5.75 Å². The van der Waals surface area contributed by atoms with E-state index < -0.39 is 0 Å². The van der Waals surface area contributed by atoms with Gasteiger partial charge in [-0.1, -0.05) is 30.3 Å². The third-order valence-corrected chi connectivity index (χ3v) is 4.27. The lowest BCUT2D eigenvalue weighted by Crippen LogP contribution is -2.28. The number of rotatable bonds is 4. The topological polar surface area (TPSA) is 58.6 Å². The number of carbonyl (C=O) groups is 2. The number of nitrogens with zero attached hydrogens (tertiary/aromatic N) is 1. The fourth-order valence-corrected chi connectivity index (χ4v) is 2.97. The number of benzene rings is 2. The molecule has 1 saturated heterocycles. The molecule has 1 aliphatic heterocycles. The van der Waals surface area contributed by atoms with Crippen molar-refractivity contribution in [3.63, 3.8) is 0 Å². The molecule has 0 saturated carbocycles. The minimum atomic E-state index is -0.373. The highest BCUT2D eigenvalue weighted by Crippen LogP contribution is 2.29. The highest BCUT2D eigenvalue weighted by atomic mass is 16.5. The van der Waals surface area contributed by atoms with Gasteiger partial charge >= 0.3 is 0 Å². The zero-order chi connectivity index (χ0) is 17.1. The van der Waals surface area contributed by atoms with Crippen molar-refractivity contribution in [2.75, 3.05) is 23.9 Å². The lowest BCUT2D eigenvalue weighted by molar-refractivity contribution is -0.122. The Balaban J connectivity index is 1.74. The molecular formula is C19H20N2O3. The van der Waals surface area contributed by atoms with Crippen molar-refractivity contribution in [1.82, 2.24) is 0 Å². The minimum absolute atomic E-state index is 0.0236. The average Bonchev–Trinajstić information content (AvgIpc) is 2.97. The van der Waals surface area contributed by atoms with Crippen LogP contribution in [0.4, 0.5) is 11.4 Å². The molecule has 1 fully saturated rings. The number of methoxy groups -OCH3 is 1. The van der Waals surface area contributed by atoms with Crippen LogP contribution in [0, 0.1) is 12.8 Å². The Kier molecular flexibility index (Phi) is 4.51. The Morgan fingerprint density at radius 1 is 1.17 bits per heavy atom. The van der Waals surface area contributed by atoms with Crippen LogP contribution in [0.1, 0.15) is 12.0 Å². The Morgan fingerprint density at radius 2 is 1.88 bits per heavy atom. The SMILES string of the molecule is COc1ccccc1NC(=O)C1CC(=O)N(c2ccccc2C)C1. The van der Waals surface area contributed by atoms with Crippen LogP contribution in [0.3, 0.4) is 0 Å². The van der Waals surface area contributed by atoms with Crippen molar-refractivity contribution in [2.45, 2.75) is 13.3 Å². The molecular weight excluding hydrogens is 304 g/mol. The van der Waals surface area contributed by atoms with Crippen molar-refractivity contribution in [2.24, 2.45) is 5.92 Å². The Hall–Kier alpha value is -2.82. The number of aryl methyl sites for hydroxylation is 1. The van der Waals surface area contributed by atoms with Crippen molar-refractivity contribution in [3.05, 3.63) is 54.1 Å². The van der Waals surface area contributed by atoms with E-state index in [1.165, 1.54) is 0 Å². The molecule has 0 aliphatic carbocycles. The Labute approximate surface area is 141 Å². The summed E-state index contributed by atoms with van der Waals surface area (Å²) in [5.41, 5.74) is 2.51. The van der Waals surface area contributed by atoms with Gasteiger partial charge < -0.3 is 15.0 Å². The average molecular weight is 324 g/mol. The standard InChI is InChI=1S/C19H20N2O3/c1-13-7-3-5-9-16(13)21-12-14(11-18(21)22)19(23)20-15-8-4-6-10-17(15)24-2/h3-10,14H,11-12H2,1-2H3,(H,20,23). The summed E-state index contributed by atoms with van der Waals surface area (Å²) >= 11 is 0. The molecule has 5 heteroatoms. The summed E-state index contributed by atoms with van der Waals surface area (Å²) < 4.78 is 5.24. The third-order valence-electron chi connectivity index (χ3n) is 4.27. The van der Waals surface area contributed by atoms with E-state index >= 15 is 0 Å². The zero-order valence-corrected chi connectivity index (χ0v) is 13.8. The van der Waals surface area contributed by atoms with Gasteiger partial charge in [-0.05, 0) is 30.7 Å². The van der Waals surface area contributed by atoms with Gasteiger partial charge in [-0.15, -0.1) is 0 Å². The first-order chi connectivity index (χ1) is 11.6. The van der Waals surface area contributed by atoms with E-state index in [1.54, 1.807) is 24.1 Å². The second-order valence-corrected chi connectivity index (χ2v) is 5.88. The summed E-state index contributed by atoms with van der Waals surface area (Å²) in [4.78, 5) is 26.6. The predicted molar refractivity (Wildman–Crippen MR) is 93.3 cm³/mol. The zero-order valence-electron chi connectivity index (χ0n) is 13.8. The number of hydrogen-bond donors (Lipinski definition) is 1. The van der Waals surface area contributed by atoms with E-state index in [9.17, 15) is 9.59 Å². The number of nitrogens with one attached hydrogen (secondary N) is 1. The van der Waals surface area contributed by atoms with Gasteiger partial charge in [0.2, 0.25) is 11.8 Å². The van der Waals surface area contributed by atoms with E-state index in [1.807, 2.05) is 43.3 Å². The maximum Gasteiger partial charge on any atom is 0.229 e. The van der Waals surface area contributed by atoms with Gasteiger partial charge in [-0.25, -0.2) is 0 Å². The lowest BCUT2D eigenvalue weighted by atomic mass is 10.1. The minimum Gasteiger partial charge on any atom is -0.495 e. The van der Waals surface area contributed by atoms with Crippen LogP contribution in [0.2, 0.25) is 0 Å². The quantitative estimate of drug-likeness (QED) is 0.940. The second kappa shape index (κ2) is 6.74. The van der Waals surface area contributed by atoms with Gasteiger partial charge in [0.25, 0.3) is 0 Å². The van der Waals surface area contributed by atoms with Gasteiger partial charge in [0, 0.05) is 18.7 Å².